The highest BCUT2D eigenvalue weighted by Gasteiger charge is 2.35. The molecule has 0 aromatic heterocycles. The molecule has 1 fully saturated rings. The molecule has 7 heteroatoms. The molecular formula is C17H23NO6. The minimum Gasteiger partial charge on any atom is -0.490 e. The van der Waals surface area contributed by atoms with Crippen molar-refractivity contribution >= 4 is 11.9 Å². The Labute approximate surface area is 140 Å². The van der Waals surface area contributed by atoms with Crippen LogP contribution in [0.4, 0.5) is 0 Å². The predicted molar refractivity (Wildman–Crippen MR) is 85.9 cm³/mol. The third-order valence-corrected chi connectivity index (χ3v) is 3.76. The van der Waals surface area contributed by atoms with Crippen molar-refractivity contribution in [3.05, 3.63) is 29.8 Å². The number of carboxylic acids is 1. The molecule has 1 heterocycles. The Morgan fingerprint density at radius 2 is 2.17 bits per heavy atom. The highest BCUT2D eigenvalue weighted by atomic mass is 16.5. The van der Waals surface area contributed by atoms with Crippen molar-refractivity contribution < 1.29 is 29.3 Å². The summed E-state index contributed by atoms with van der Waals surface area (Å²) in [7, 11) is 0. The highest BCUT2D eigenvalue weighted by molar-refractivity contribution is 5.80. The molecule has 7 nitrogen and oxygen atoms in total. The molecule has 1 aromatic rings. The number of nitrogens with zero attached hydrogens (tertiary/aromatic N) is 1. The van der Waals surface area contributed by atoms with Crippen LogP contribution >= 0.6 is 0 Å². The van der Waals surface area contributed by atoms with Crippen molar-refractivity contribution in [2.45, 2.75) is 25.4 Å². The molecule has 1 saturated heterocycles. The van der Waals surface area contributed by atoms with Gasteiger partial charge < -0.3 is 24.6 Å². The molecule has 1 atom stereocenters. The van der Waals surface area contributed by atoms with Crippen LogP contribution in [0, 0.1) is 6.92 Å². The molecule has 132 valence electrons. The molecule has 0 radical (unpaired) electrons. The van der Waals surface area contributed by atoms with E-state index in [1.165, 1.54) is 4.90 Å². The summed E-state index contributed by atoms with van der Waals surface area (Å²) >= 11 is 0. The van der Waals surface area contributed by atoms with E-state index >= 15 is 0 Å². The second-order valence-corrected chi connectivity index (χ2v) is 6.09. The average molecular weight is 337 g/mol. The number of aryl methyl sites for hydroxylation is 1. The lowest BCUT2D eigenvalue weighted by Gasteiger charge is -2.30. The predicted octanol–water partition coefficient (Wildman–Crippen LogP) is 0.829. The third kappa shape index (κ3) is 5.50. The van der Waals surface area contributed by atoms with Crippen LogP contribution in [0.3, 0.4) is 0 Å². The van der Waals surface area contributed by atoms with E-state index in [2.05, 4.69) is 0 Å². The van der Waals surface area contributed by atoms with Crippen LogP contribution in [0.1, 0.15) is 18.4 Å². The van der Waals surface area contributed by atoms with Gasteiger partial charge in [-0.2, -0.15) is 0 Å². The van der Waals surface area contributed by atoms with Crippen molar-refractivity contribution in [1.82, 2.24) is 4.90 Å². The fourth-order valence-electron chi connectivity index (χ4n) is 2.51. The monoisotopic (exact) mass is 337 g/mol. The van der Waals surface area contributed by atoms with E-state index in [-0.39, 0.29) is 38.5 Å². The number of carbonyl (C=O) groups is 2. The van der Waals surface area contributed by atoms with Gasteiger partial charge in [0.05, 0.1) is 26.2 Å². The van der Waals surface area contributed by atoms with Crippen molar-refractivity contribution in [1.29, 1.82) is 0 Å². The Morgan fingerprint density at radius 3 is 2.88 bits per heavy atom. The molecule has 0 bridgehead atoms. The van der Waals surface area contributed by atoms with Crippen molar-refractivity contribution in [2.24, 2.45) is 0 Å². The maximum absolute atomic E-state index is 12.1. The number of β-amino-alcohol motifs (C(OH)–C–C–N with tert-alkyl or cyclic N) is 1. The molecule has 2 rings (SSSR count). The zero-order chi connectivity index (χ0) is 17.6. The summed E-state index contributed by atoms with van der Waals surface area (Å²) in [5.41, 5.74) is -0.291. The number of ether oxygens (including phenoxy) is 2. The van der Waals surface area contributed by atoms with Crippen LogP contribution in [0.15, 0.2) is 24.3 Å². The fourth-order valence-corrected chi connectivity index (χ4v) is 2.51. The first-order valence-electron chi connectivity index (χ1n) is 7.87. The second kappa shape index (κ2) is 8.12. The first-order chi connectivity index (χ1) is 11.4. The number of carbonyl (C=O) groups excluding carboxylic acids is 1. The highest BCUT2D eigenvalue weighted by Crippen LogP contribution is 2.18. The lowest BCUT2D eigenvalue weighted by atomic mass is 10.1. The summed E-state index contributed by atoms with van der Waals surface area (Å²) in [5, 5.41) is 19.4. The molecule has 0 aliphatic carbocycles. The van der Waals surface area contributed by atoms with Gasteiger partial charge in [-0.15, -0.1) is 0 Å². The Balaban J connectivity index is 1.96. The number of aliphatic carboxylic acids is 1. The van der Waals surface area contributed by atoms with E-state index in [0.717, 1.165) is 5.56 Å². The number of aliphatic hydroxyl groups is 1. The van der Waals surface area contributed by atoms with Gasteiger partial charge in [0.1, 0.15) is 18.0 Å². The number of benzene rings is 1. The van der Waals surface area contributed by atoms with E-state index in [0.29, 0.717) is 18.9 Å². The fraction of sp³-hybridized carbons (Fsp3) is 0.529. The Morgan fingerprint density at radius 1 is 1.38 bits per heavy atom. The number of amides is 1. The normalized spacial score (nSPS) is 21.2. The van der Waals surface area contributed by atoms with E-state index in [1.54, 1.807) is 6.07 Å². The lowest BCUT2D eigenvalue weighted by Crippen LogP contribution is -2.50. The molecule has 2 N–H and O–H groups in total. The maximum atomic E-state index is 12.1. The number of hydrogen-bond acceptors (Lipinski definition) is 5. The van der Waals surface area contributed by atoms with E-state index in [9.17, 15) is 14.7 Å². The summed E-state index contributed by atoms with van der Waals surface area (Å²) in [4.78, 5) is 24.2. The molecule has 1 aliphatic rings. The van der Waals surface area contributed by atoms with Crippen molar-refractivity contribution in [3.8, 4) is 5.75 Å². The Kier molecular flexibility index (Phi) is 6.16. The van der Waals surface area contributed by atoms with Crippen LogP contribution in [-0.2, 0) is 14.3 Å². The van der Waals surface area contributed by atoms with Crippen molar-refractivity contribution in [2.75, 3.05) is 32.9 Å². The van der Waals surface area contributed by atoms with Gasteiger partial charge in [0.15, 0.2) is 0 Å². The molecule has 0 spiro atoms. The summed E-state index contributed by atoms with van der Waals surface area (Å²) in [6.45, 7) is 2.66. The third-order valence-electron chi connectivity index (χ3n) is 3.76. The van der Waals surface area contributed by atoms with Gasteiger partial charge in [-0.05, 0) is 24.6 Å². The van der Waals surface area contributed by atoms with Crippen LogP contribution < -0.4 is 4.74 Å². The summed E-state index contributed by atoms with van der Waals surface area (Å²) < 4.78 is 11.0. The summed E-state index contributed by atoms with van der Waals surface area (Å²) in [5.74, 6) is -0.694. The van der Waals surface area contributed by atoms with Crippen LogP contribution in [0.5, 0.6) is 5.75 Å². The van der Waals surface area contributed by atoms with Gasteiger partial charge in [0.25, 0.3) is 0 Å². The smallest absolute Gasteiger partial charge is 0.303 e. The van der Waals surface area contributed by atoms with Gasteiger partial charge in [-0.1, -0.05) is 12.1 Å². The molecule has 1 aliphatic heterocycles. The standard InChI is InChI=1S/C17H23NO6/c1-13-3-2-4-14(9-13)24-12-17(22)10-18(7-8-23-11-17)15(19)5-6-16(20)21/h2-4,9,22H,5-8,10-12H2,1H3,(H,20,21)/t17-/m1/s1. The molecule has 1 aromatic carbocycles. The van der Waals surface area contributed by atoms with E-state index in [1.807, 2.05) is 25.1 Å². The quantitative estimate of drug-likeness (QED) is 0.798. The van der Waals surface area contributed by atoms with Gasteiger partial charge in [-0.25, -0.2) is 0 Å². The molecule has 0 unspecified atom stereocenters. The summed E-state index contributed by atoms with van der Waals surface area (Å²) in [6.07, 6.45) is -0.321. The van der Waals surface area contributed by atoms with E-state index in [4.69, 9.17) is 14.6 Å². The summed E-state index contributed by atoms with van der Waals surface area (Å²) in [6, 6.07) is 7.46. The van der Waals surface area contributed by atoms with Crippen LogP contribution in [0.2, 0.25) is 0 Å². The van der Waals surface area contributed by atoms with Crippen LogP contribution in [0.25, 0.3) is 0 Å². The van der Waals surface area contributed by atoms with E-state index < -0.39 is 11.6 Å². The second-order valence-electron chi connectivity index (χ2n) is 6.09. The van der Waals surface area contributed by atoms with Gasteiger partial charge in [0, 0.05) is 13.0 Å². The molecule has 0 saturated carbocycles. The zero-order valence-electron chi connectivity index (χ0n) is 13.7. The molecular weight excluding hydrogens is 314 g/mol. The first-order valence-corrected chi connectivity index (χ1v) is 7.87. The van der Waals surface area contributed by atoms with Gasteiger partial charge in [-0.3, -0.25) is 9.59 Å². The Hall–Kier alpha value is -2.12. The number of hydrogen-bond donors (Lipinski definition) is 2. The minimum absolute atomic E-state index is 0.0147. The minimum atomic E-state index is -1.33. The van der Waals surface area contributed by atoms with Gasteiger partial charge in [0.2, 0.25) is 5.91 Å². The largest absolute Gasteiger partial charge is 0.490 e. The average Bonchev–Trinajstić information content (AvgIpc) is 2.73. The van der Waals surface area contributed by atoms with Crippen LogP contribution in [-0.4, -0.2) is 65.5 Å². The van der Waals surface area contributed by atoms with Crippen molar-refractivity contribution in [3.63, 3.8) is 0 Å². The first kappa shape index (κ1) is 18.2. The number of rotatable bonds is 6. The SMILES string of the molecule is Cc1cccc(OC[C@]2(O)COCCN(C(=O)CCC(=O)O)C2)c1. The number of carboxylic acid groups (broad SMARTS) is 1. The maximum Gasteiger partial charge on any atom is 0.303 e. The topological polar surface area (TPSA) is 96.3 Å². The molecule has 24 heavy (non-hydrogen) atoms. The molecule has 1 amide bonds. The Bertz CT molecular complexity index is 590. The lowest BCUT2D eigenvalue weighted by molar-refractivity contribution is -0.142. The van der Waals surface area contributed by atoms with Gasteiger partial charge >= 0.3 is 5.97 Å². The zero-order valence-corrected chi connectivity index (χ0v) is 13.7.